The zero-order valence-electron chi connectivity index (χ0n) is 11.7. The van der Waals surface area contributed by atoms with Gasteiger partial charge in [-0.2, -0.15) is 0 Å². The first-order valence-corrected chi connectivity index (χ1v) is 7.39. The van der Waals surface area contributed by atoms with Crippen molar-refractivity contribution in [3.8, 4) is 0 Å². The number of piperidine rings is 1. The molecule has 2 aliphatic heterocycles. The number of hydrogen-bond acceptors (Lipinski definition) is 4. The van der Waals surface area contributed by atoms with Crippen molar-refractivity contribution >= 4 is 5.91 Å². The van der Waals surface area contributed by atoms with E-state index in [0.717, 1.165) is 38.8 Å². The Balaban J connectivity index is 1.79. The van der Waals surface area contributed by atoms with Crippen LogP contribution < -0.4 is 0 Å². The van der Waals surface area contributed by atoms with Gasteiger partial charge in [-0.25, -0.2) is 0 Å². The first kappa shape index (κ1) is 14.8. The van der Waals surface area contributed by atoms with Gasteiger partial charge in [0, 0.05) is 19.7 Å². The summed E-state index contributed by atoms with van der Waals surface area (Å²) >= 11 is 0. The average Bonchev–Trinajstić information content (AvgIpc) is 2.93. The number of ether oxygens (including phenoxy) is 2. The average molecular weight is 271 g/mol. The summed E-state index contributed by atoms with van der Waals surface area (Å²) in [6, 6.07) is 0. The molecule has 1 amide bonds. The van der Waals surface area contributed by atoms with E-state index in [9.17, 15) is 4.79 Å². The van der Waals surface area contributed by atoms with Crippen LogP contribution in [0.25, 0.3) is 0 Å². The number of nitrogens with zero attached hydrogens (tertiary/aromatic N) is 1. The molecular formula is C14H25NO4. The first-order valence-electron chi connectivity index (χ1n) is 7.39. The monoisotopic (exact) mass is 271 g/mol. The minimum Gasteiger partial charge on any atom is -0.394 e. The van der Waals surface area contributed by atoms with Crippen molar-refractivity contribution in [3.05, 3.63) is 0 Å². The predicted molar refractivity (Wildman–Crippen MR) is 70.8 cm³/mol. The van der Waals surface area contributed by atoms with Crippen molar-refractivity contribution < 1.29 is 19.4 Å². The van der Waals surface area contributed by atoms with Gasteiger partial charge in [0.2, 0.25) is 5.91 Å². The predicted octanol–water partition coefficient (Wildman–Crippen LogP) is 0.801. The molecule has 2 fully saturated rings. The highest BCUT2D eigenvalue weighted by Gasteiger charge is 2.36. The van der Waals surface area contributed by atoms with Gasteiger partial charge < -0.3 is 19.5 Å². The van der Waals surface area contributed by atoms with Crippen LogP contribution in [0.2, 0.25) is 0 Å². The topological polar surface area (TPSA) is 59.0 Å². The molecule has 0 aliphatic carbocycles. The fourth-order valence-electron chi connectivity index (χ4n) is 3.03. The summed E-state index contributed by atoms with van der Waals surface area (Å²) in [6.07, 6.45) is 3.81. The summed E-state index contributed by atoms with van der Waals surface area (Å²) in [5.74, 6) is 0.310. The molecule has 2 rings (SSSR count). The zero-order chi connectivity index (χ0) is 13.7. The summed E-state index contributed by atoms with van der Waals surface area (Å²) < 4.78 is 11.1. The summed E-state index contributed by atoms with van der Waals surface area (Å²) in [5.41, 5.74) is 0. The maximum Gasteiger partial charge on any atom is 0.228 e. The van der Waals surface area contributed by atoms with Crippen LogP contribution in [0.15, 0.2) is 0 Å². The maximum atomic E-state index is 12.5. The lowest BCUT2D eigenvalue weighted by Gasteiger charge is -2.34. The number of carbonyl (C=O) groups is 1. The largest absolute Gasteiger partial charge is 0.394 e. The van der Waals surface area contributed by atoms with E-state index in [0.29, 0.717) is 13.2 Å². The molecule has 110 valence electrons. The van der Waals surface area contributed by atoms with Crippen LogP contribution in [0.3, 0.4) is 0 Å². The maximum absolute atomic E-state index is 12.5. The molecule has 2 saturated heterocycles. The molecule has 5 heteroatoms. The lowest BCUT2D eigenvalue weighted by Crippen LogP contribution is -2.45. The molecule has 0 saturated carbocycles. The van der Waals surface area contributed by atoms with Crippen LogP contribution in [0.4, 0.5) is 0 Å². The fraction of sp³-hybridized carbons (Fsp3) is 0.929. The summed E-state index contributed by atoms with van der Waals surface area (Å²) in [6.45, 7) is 4.78. The second kappa shape index (κ2) is 7.22. The Hall–Kier alpha value is -0.650. The van der Waals surface area contributed by atoms with Crippen LogP contribution >= 0.6 is 0 Å². The molecule has 0 spiro atoms. The molecule has 0 aromatic rings. The van der Waals surface area contributed by atoms with E-state index >= 15 is 0 Å². The van der Waals surface area contributed by atoms with Crippen molar-refractivity contribution in [1.29, 1.82) is 0 Å². The van der Waals surface area contributed by atoms with Gasteiger partial charge in [0.05, 0.1) is 31.3 Å². The van der Waals surface area contributed by atoms with E-state index in [1.54, 1.807) is 0 Å². The molecule has 2 heterocycles. The second-order valence-electron chi connectivity index (χ2n) is 5.33. The summed E-state index contributed by atoms with van der Waals surface area (Å²) in [4.78, 5) is 14.4. The van der Waals surface area contributed by atoms with E-state index in [1.807, 2.05) is 4.90 Å². The molecule has 2 unspecified atom stereocenters. The number of amides is 1. The Labute approximate surface area is 114 Å². The highest BCUT2D eigenvalue weighted by atomic mass is 16.5. The van der Waals surface area contributed by atoms with Gasteiger partial charge in [-0.15, -0.1) is 0 Å². The van der Waals surface area contributed by atoms with Crippen molar-refractivity contribution in [2.75, 3.05) is 32.9 Å². The lowest BCUT2D eigenvalue weighted by atomic mass is 9.96. The third-order valence-corrected chi connectivity index (χ3v) is 4.13. The van der Waals surface area contributed by atoms with Gasteiger partial charge in [-0.3, -0.25) is 4.79 Å². The normalized spacial score (nSPS) is 28.8. The Kier molecular flexibility index (Phi) is 5.60. The second-order valence-corrected chi connectivity index (χ2v) is 5.33. The van der Waals surface area contributed by atoms with Gasteiger partial charge in [-0.05, 0) is 25.7 Å². The van der Waals surface area contributed by atoms with E-state index in [4.69, 9.17) is 14.6 Å². The Morgan fingerprint density at radius 2 is 2.11 bits per heavy atom. The van der Waals surface area contributed by atoms with Crippen LogP contribution in [-0.4, -0.2) is 61.0 Å². The molecule has 2 atom stereocenters. The molecule has 0 radical (unpaired) electrons. The molecule has 2 aliphatic rings. The minimum atomic E-state index is 0.0555. The SMILES string of the molecule is CCC1OCCC1C(=O)N1CCC(OCCO)CC1. The van der Waals surface area contributed by atoms with Gasteiger partial charge in [-0.1, -0.05) is 6.92 Å². The number of likely N-dealkylation sites (tertiary alicyclic amines) is 1. The quantitative estimate of drug-likeness (QED) is 0.803. The number of rotatable bonds is 5. The molecule has 0 aromatic carbocycles. The van der Waals surface area contributed by atoms with E-state index < -0.39 is 0 Å². The van der Waals surface area contributed by atoms with Gasteiger partial charge in [0.25, 0.3) is 0 Å². The minimum absolute atomic E-state index is 0.0555. The van der Waals surface area contributed by atoms with E-state index in [-0.39, 0.29) is 30.6 Å². The highest BCUT2D eigenvalue weighted by molar-refractivity contribution is 5.79. The highest BCUT2D eigenvalue weighted by Crippen LogP contribution is 2.27. The molecule has 0 bridgehead atoms. The van der Waals surface area contributed by atoms with Crippen LogP contribution in [-0.2, 0) is 14.3 Å². The number of aliphatic hydroxyl groups is 1. The summed E-state index contributed by atoms with van der Waals surface area (Å²) in [7, 11) is 0. The summed E-state index contributed by atoms with van der Waals surface area (Å²) in [5, 5.41) is 8.73. The zero-order valence-corrected chi connectivity index (χ0v) is 11.7. The molecule has 19 heavy (non-hydrogen) atoms. The first-order chi connectivity index (χ1) is 9.26. The van der Waals surface area contributed by atoms with Crippen molar-refractivity contribution in [2.45, 2.75) is 44.8 Å². The van der Waals surface area contributed by atoms with Gasteiger partial charge >= 0.3 is 0 Å². The van der Waals surface area contributed by atoms with Gasteiger partial charge in [0.15, 0.2) is 0 Å². The third-order valence-electron chi connectivity index (χ3n) is 4.13. The Morgan fingerprint density at radius 3 is 2.74 bits per heavy atom. The van der Waals surface area contributed by atoms with E-state index in [2.05, 4.69) is 6.92 Å². The van der Waals surface area contributed by atoms with Crippen molar-refractivity contribution in [3.63, 3.8) is 0 Å². The van der Waals surface area contributed by atoms with Crippen molar-refractivity contribution in [2.24, 2.45) is 5.92 Å². The smallest absolute Gasteiger partial charge is 0.228 e. The van der Waals surface area contributed by atoms with E-state index in [1.165, 1.54) is 0 Å². The molecule has 1 N–H and O–H groups in total. The number of aliphatic hydroxyl groups excluding tert-OH is 1. The lowest BCUT2D eigenvalue weighted by molar-refractivity contribution is -0.140. The van der Waals surface area contributed by atoms with Crippen LogP contribution in [0, 0.1) is 5.92 Å². The molecule has 5 nitrogen and oxygen atoms in total. The standard InChI is InChI=1S/C14H25NO4/c1-2-13-12(5-9-19-13)14(17)15-6-3-11(4-7-15)18-10-8-16/h11-13,16H,2-10H2,1H3. The van der Waals surface area contributed by atoms with Gasteiger partial charge in [0.1, 0.15) is 0 Å². The number of carbonyl (C=O) groups excluding carboxylic acids is 1. The molecule has 0 aromatic heterocycles. The fourth-order valence-corrected chi connectivity index (χ4v) is 3.03. The van der Waals surface area contributed by atoms with Crippen LogP contribution in [0.5, 0.6) is 0 Å². The third kappa shape index (κ3) is 3.68. The number of hydrogen-bond donors (Lipinski definition) is 1. The Morgan fingerprint density at radius 1 is 1.37 bits per heavy atom. The van der Waals surface area contributed by atoms with Crippen molar-refractivity contribution in [1.82, 2.24) is 4.90 Å². The molecular weight excluding hydrogens is 246 g/mol. The van der Waals surface area contributed by atoms with Crippen LogP contribution in [0.1, 0.15) is 32.6 Å². The Bertz CT molecular complexity index is 289.